The molecule has 1 heterocycles. The van der Waals surface area contributed by atoms with Gasteiger partial charge in [-0.1, -0.05) is 0 Å². The van der Waals surface area contributed by atoms with Crippen LogP contribution in [0.5, 0.6) is 0 Å². The first kappa shape index (κ1) is 6.96. The number of rotatable bonds is 0. The van der Waals surface area contributed by atoms with Gasteiger partial charge in [0, 0.05) is 13.2 Å². The Bertz CT molecular complexity index is 19.1. The Morgan fingerprint density at radius 1 is 1.00 bits per heavy atom. The first-order chi connectivity index (χ1) is 2.50. The van der Waals surface area contributed by atoms with Gasteiger partial charge in [-0.3, -0.25) is 0 Å². The molecule has 1 aliphatic rings. The zero-order valence-electron chi connectivity index (χ0n) is 4.24. The zero-order valence-corrected chi connectivity index (χ0v) is 6.24. The van der Waals surface area contributed by atoms with E-state index in [4.69, 9.17) is 4.74 Å². The molecule has 1 saturated heterocycles. The molecule has 0 saturated carbocycles. The van der Waals surface area contributed by atoms with E-state index in [1.165, 1.54) is 12.8 Å². The normalized spacial score (nSPS) is 20.0. The van der Waals surface area contributed by atoms with Crippen molar-refractivity contribution in [3.8, 4) is 0 Å². The van der Waals surface area contributed by atoms with Gasteiger partial charge in [-0.05, 0) is 12.8 Å². The topological polar surface area (TPSA) is 9.23 Å². The summed E-state index contributed by atoms with van der Waals surface area (Å²) in [5.74, 6) is 0. The molecular formula is C4H8NaO+. The summed E-state index contributed by atoms with van der Waals surface area (Å²) in [6.07, 6.45) is 2.56. The first-order valence-corrected chi connectivity index (χ1v) is 2.08. The van der Waals surface area contributed by atoms with Gasteiger partial charge in [-0.25, -0.2) is 0 Å². The number of ether oxygens (including phenoxy) is 1. The fourth-order valence-corrected chi connectivity index (χ4v) is 0.510. The van der Waals surface area contributed by atoms with Crippen LogP contribution in [0.4, 0.5) is 0 Å². The Kier molecular flexibility index (Phi) is 4.79. The molecule has 0 radical (unpaired) electrons. The van der Waals surface area contributed by atoms with Crippen molar-refractivity contribution < 1.29 is 34.3 Å². The van der Waals surface area contributed by atoms with Crippen LogP contribution in [0.25, 0.3) is 0 Å². The van der Waals surface area contributed by atoms with E-state index in [1.54, 1.807) is 0 Å². The summed E-state index contributed by atoms with van der Waals surface area (Å²) in [5, 5.41) is 0. The Labute approximate surface area is 60.4 Å². The van der Waals surface area contributed by atoms with Gasteiger partial charge >= 0.3 is 29.6 Å². The average Bonchev–Trinajstić information content (AvgIpc) is 1.76. The molecule has 0 bridgehead atoms. The summed E-state index contributed by atoms with van der Waals surface area (Å²) in [7, 11) is 0. The van der Waals surface area contributed by atoms with Gasteiger partial charge in [0.1, 0.15) is 0 Å². The first-order valence-electron chi connectivity index (χ1n) is 2.08. The van der Waals surface area contributed by atoms with Crippen molar-refractivity contribution in [3.05, 3.63) is 0 Å². The predicted molar refractivity (Wildman–Crippen MR) is 20.1 cm³/mol. The second-order valence-electron chi connectivity index (χ2n) is 1.32. The molecule has 30 valence electrons. The molecule has 6 heavy (non-hydrogen) atoms. The molecule has 1 aliphatic heterocycles. The third-order valence-electron chi connectivity index (χ3n) is 0.827. The maximum atomic E-state index is 4.94. The zero-order chi connectivity index (χ0) is 3.54. The summed E-state index contributed by atoms with van der Waals surface area (Å²) in [5.41, 5.74) is 0. The molecular weight excluding hydrogens is 87.0 g/mol. The van der Waals surface area contributed by atoms with Gasteiger partial charge in [0.05, 0.1) is 0 Å². The van der Waals surface area contributed by atoms with E-state index in [0.717, 1.165) is 13.2 Å². The second-order valence-corrected chi connectivity index (χ2v) is 1.32. The standard InChI is InChI=1S/C4H8O.Na/c1-2-4-5-3-1;/h1-4H2;/q;+1. The molecule has 0 unspecified atom stereocenters. The molecule has 0 aliphatic carbocycles. The maximum absolute atomic E-state index is 4.94. The Balaban J connectivity index is 0.000000250. The molecule has 1 rings (SSSR count). The van der Waals surface area contributed by atoms with Crippen molar-refractivity contribution in [1.82, 2.24) is 0 Å². The van der Waals surface area contributed by atoms with Gasteiger partial charge < -0.3 is 4.74 Å². The van der Waals surface area contributed by atoms with Gasteiger partial charge in [0.2, 0.25) is 0 Å². The summed E-state index contributed by atoms with van der Waals surface area (Å²) < 4.78 is 4.94. The quantitative estimate of drug-likeness (QED) is 0.310. The van der Waals surface area contributed by atoms with Crippen molar-refractivity contribution in [1.29, 1.82) is 0 Å². The summed E-state index contributed by atoms with van der Waals surface area (Å²) >= 11 is 0. The fraction of sp³-hybridized carbons (Fsp3) is 1.00. The van der Waals surface area contributed by atoms with Crippen LogP contribution in [0.15, 0.2) is 0 Å². The minimum Gasteiger partial charge on any atom is -0.381 e. The van der Waals surface area contributed by atoms with E-state index in [0.29, 0.717) is 0 Å². The van der Waals surface area contributed by atoms with E-state index in [9.17, 15) is 0 Å². The SMILES string of the molecule is C1CCOC1.[Na+]. The van der Waals surface area contributed by atoms with Crippen molar-refractivity contribution in [2.45, 2.75) is 12.8 Å². The van der Waals surface area contributed by atoms with Crippen LogP contribution in [0, 0.1) is 0 Å². The molecule has 2 heteroatoms. The van der Waals surface area contributed by atoms with E-state index in [1.807, 2.05) is 0 Å². The van der Waals surface area contributed by atoms with Crippen molar-refractivity contribution in [2.24, 2.45) is 0 Å². The van der Waals surface area contributed by atoms with Crippen molar-refractivity contribution in [3.63, 3.8) is 0 Å². The van der Waals surface area contributed by atoms with Crippen LogP contribution < -0.4 is 29.6 Å². The Morgan fingerprint density at radius 3 is 1.67 bits per heavy atom. The van der Waals surface area contributed by atoms with Crippen LogP contribution in [-0.4, -0.2) is 13.2 Å². The molecule has 0 atom stereocenters. The van der Waals surface area contributed by atoms with Gasteiger partial charge in [-0.2, -0.15) is 0 Å². The summed E-state index contributed by atoms with van der Waals surface area (Å²) in [4.78, 5) is 0. The fourth-order valence-electron chi connectivity index (χ4n) is 0.510. The molecule has 0 aromatic carbocycles. The van der Waals surface area contributed by atoms with Gasteiger partial charge in [-0.15, -0.1) is 0 Å². The van der Waals surface area contributed by atoms with Crippen LogP contribution in [0.3, 0.4) is 0 Å². The van der Waals surface area contributed by atoms with Gasteiger partial charge in [0.25, 0.3) is 0 Å². The van der Waals surface area contributed by atoms with E-state index >= 15 is 0 Å². The third-order valence-corrected chi connectivity index (χ3v) is 0.827. The van der Waals surface area contributed by atoms with Crippen LogP contribution in [0.2, 0.25) is 0 Å². The van der Waals surface area contributed by atoms with Crippen molar-refractivity contribution >= 4 is 0 Å². The molecule has 0 spiro atoms. The molecule has 1 fully saturated rings. The minimum atomic E-state index is 0. The Hall–Kier alpha value is 0.960. The van der Waals surface area contributed by atoms with Crippen LogP contribution >= 0.6 is 0 Å². The number of hydrogen-bond donors (Lipinski definition) is 0. The molecule has 0 aromatic rings. The Morgan fingerprint density at radius 2 is 1.50 bits per heavy atom. The molecule has 1 nitrogen and oxygen atoms in total. The summed E-state index contributed by atoms with van der Waals surface area (Å²) in [6, 6.07) is 0. The molecule has 0 aromatic heterocycles. The monoisotopic (exact) mass is 95.0 g/mol. The predicted octanol–water partition coefficient (Wildman–Crippen LogP) is -2.20. The largest absolute Gasteiger partial charge is 1.00 e. The minimum absolute atomic E-state index is 0. The maximum Gasteiger partial charge on any atom is 1.00 e. The van der Waals surface area contributed by atoms with E-state index in [2.05, 4.69) is 0 Å². The van der Waals surface area contributed by atoms with Gasteiger partial charge in [0.15, 0.2) is 0 Å². The van der Waals surface area contributed by atoms with Crippen LogP contribution in [0.1, 0.15) is 12.8 Å². The molecule has 0 amide bonds. The van der Waals surface area contributed by atoms with Crippen molar-refractivity contribution in [2.75, 3.05) is 13.2 Å². The third kappa shape index (κ3) is 2.19. The average molecular weight is 95.1 g/mol. The van der Waals surface area contributed by atoms with Crippen LogP contribution in [-0.2, 0) is 4.74 Å². The second kappa shape index (κ2) is 4.13. The van der Waals surface area contributed by atoms with E-state index in [-0.39, 0.29) is 29.6 Å². The smallest absolute Gasteiger partial charge is 0.381 e. The molecule has 0 N–H and O–H groups in total. The van der Waals surface area contributed by atoms with E-state index < -0.39 is 0 Å². The number of hydrogen-bond acceptors (Lipinski definition) is 1. The summed E-state index contributed by atoms with van der Waals surface area (Å²) in [6.45, 7) is 2.00.